The highest BCUT2D eigenvalue weighted by Gasteiger charge is 2.29. The lowest BCUT2D eigenvalue weighted by Gasteiger charge is -2.26. The average Bonchev–Trinajstić information content (AvgIpc) is 2.30. The summed E-state index contributed by atoms with van der Waals surface area (Å²) in [6.07, 6.45) is 0. The number of hydrogen-bond donors (Lipinski definition) is 1. The Balaban J connectivity index is 2.94. The second-order valence-corrected chi connectivity index (χ2v) is 7.58. The van der Waals surface area contributed by atoms with E-state index in [0.717, 1.165) is 12.1 Å². The van der Waals surface area contributed by atoms with Gasteiger partial charge in [-0.1, -0.05) is 0 Å². The topological polar surface area (TPSA) is 35.1 Å². The number of benzene rings is 1. The molecular weight excluding hydrogens is 292 g/mol. The summed E-state index contributed by atoms with van der Waals surface area (Å²) in [6, 6.07) is 1.62. The van der Waals surface area contributed by atoms with Crippen LogP contribution in [0.15, 0.2) is 12.1 Å². The van der Waals surface area contributed by atoms with Gasteiger partial charge >= 0.3 is 0 Å². The second-order valence-electron chi connectivity index (χ2n) is 5.32. The van der Waals surface area contributed by atoms with Crippen molar-refractivity contribution in [2.75, 3.05) is 0 Å². The van der Waals surface area contributed by atoms with Crippen LogP contribution in [-0.2, 0) is 17.2 Å². The van der Waals surface area contributed by atoms with Crippen LogP contribution in [-0.4, -0.2) is 9.30 Å². The smallest absolute Gasteiger partial charge is 0.136 e. The average molecular weight is 310 g/mol. The molecule has 0 aromatic heterocycles. The third-order valence-corrected chi connectivity index (χ3v) is 4.58. The van der Waals surface area contributed by atoms with Gasteiger partial charge in [0.15, 0.2) is 0 Å². The van der Waals surface area contributed by atoms with E-state index in [1.165, 1.54) is 0 Å². The van der Waals surface area contributed by atoms with Crippen molar-refractivity contribution < 1.29 is 13.3 Å². The molecule has 0 heterocycles. The predicted molar refractivity (Wildman–Crippen MR) is 75.4 cm³/mol. The molecule has 0 spiro atoms. The molecule has 0 aliphatic rings. The molecule has 0 saturated carbocycles. The third-order valence-electron chi connectivity index (χ3n) is 2.62. The van der Waals surface area contributed by atoms with Crippen LogP contribution in [0.25, 0.3) is 0 Å². The summed E-state index contributed by atoms with van der Waals surface area (Å²) in [5.74, 6) is -1.19. The fraction of sp³-hybridized carbons (Fsp3) is 0.538. The molecule has 1 aromatic rings. The molecular formula is C13H18ClF2NOS. The molecule has 0 aliphatic carbocycles. The van der Waals surface area contributed by atoms with E-state index < -0.39 is 33.8 Å². The van der Waals surface area contributed by atoms with E-state index in [1.54, 1.807) is 27.7 Å². The number of alkyl halides is 1. The van der Waals surface area contributed by atoms with E-state index in [2.05, 4.69) is 4.72 Å². The second kappa shape index (κ2) is 6.39. The molecule has 19 heavy (non-hydrogen) atoms. The first-order chi connectivity index (χ1) is 8.66. The fourth-order valence-corrected chi connectivity index (χ4v) is 2.44. The Morgan fingerprint density at radius 3 is 2.37 bits per heavy atom. The van der Waals surface area contributed by atoms with Crippen LogP contribution < -0.4 is 4.72 Å². The molecule has 1 aromatic carbocycles. The highest BCUT2D eigenvalue weighted by molar-refractivity contribution is 7.90. The van der Waals surface area contributed by atoms with E-state index in [0.29, 0.717) is 0 Å². The maximum absolute atomic E-state index is 13.9. The van der Waals surface area contributed by atoms with Gasteiger partial charge in [0.05, 0.1) is 11.9 Å². The standard InChI is InChI=1S/C13H18ClF2NOS/c1-8(17-19(18)13(2,3)4)10-6-11(15)9(7-14)5-12(10)16/h5-6,8,17H,7H2,1-4H3. The first-order valence-electron chi connectivity index (χ1n) is 5.88. The van der Waals surface area contributed by atoms with Gasteiger partial charge in [-0.2, -0.15) is 0 Å². The predicted octanol–water partition coefficient (Wildman–Crippen LogP) is 3.82. The molecule has 0 aliphatic heterocycles. The lowest BCUT2D eigenvalue weighted by molar-refractivity contribution is 0.518. The fourth-order valence-electron chi connectivity index (χ4n) is 1.44. The van der Waals surface area contributed by atoms with Gasteiger partial charge in [-0.3, -0.25) is 0 Å². The Morgan fingerprint density at radius 2 is 1.89 bits per heavy atom. The Kier molecular flexibility index (Phi) is 5.62. The lowest BCUT2D eigenvalue weighted by atomic mass is 10.1. The van der Waals surface area contributed by atoms with Crippen LogP contribution in [0.5, 0.6) is 0 Å². The van der Waals surface area contributed by atoms with Crippen LogP contribution >= 0.6 is 11.6 Å². The van der Waals surface area contributed by atoms with Crippen LogP contribution in [0, 0.1) is 11.6 Å². The summed E-state index contributed by atoms with van der Waals surface area (Å²) in [4.78, 5) is 0. The van der Waals surface area contributed by atoms with E-state index >= 15 is 0 Å². The molecule has 2 atom stereocenters. The maximum atomic E-state index is 13.9. The minimum atomic E-state index is -1.36. The monoisotopic (exact) mass is 309 g/mol. The zero-order valence-corrected chi connectivity index (χ0v) is 13.0. The van der Waals surface area contributed by atoms with Crippen LogP contribution in [0.2, 0.25) is 0 Å². The Bertz CT molecular complexity index is 451. The van der Waals surface area contributed by atoms with Crippen molar-refractivity contribution in [3.8, 4) is 0 Å². The van der Waals surface area contributed by atoms with Crippen molar-refractivity contribution in [3.05, 3.63) is 34.9 Å². The Labute approximate surface area is 120 Å². The minimum absolute atomic E-state index is 0.0846. The minimum Gasteiger partial charge on any atom is -0.598 e. The molecule has 2 unspecified atom stereocenters. The zero-order chi connectivity index (χ0) is 14.8. The molecule has 0 saturated heterocycles. The summed E-state index contributed by atoms with van der Waals surface area (Å²) < 4.78 is 41.7. The first-order valence-corrected chi connectivity index (χ1v) is 7.57. The van der Waals surface area contributed by atoms with Crippen LogP contribution in [0.3, 0.4) is 0 Å². The normalized spacial score (nSPS) is 15.4. The van der Waals surface area contributed by atoms with Crippen molar-refractivity contribution in [2.45, 2.75) is 44.4 Å². The first kappa shape index (κ1) is 16.7. The Morgan fingerprint density at radius 1 is 1.32 bits per heavy atom. The summed E-state index contributed by atoms with van der Waals surface area (Å²) in [5, 5.41) is 0. The molecule has 0 radical (unpaired) electrons. The van der Waals surface area contributed by atoms with Gasteiger partial charge in [-0.05, 0) is 39.8 Å². The number of rotatable bonds is 4. The van der Waals surface area contributed by atoms with Crippen molar-refractivity contribution >= 4 is 23.0 Å². The van der Waals surface area contributed by atoms with Gasteiger partial charge in [0.1, 0.15) is 16.4 Å². The van der Waals surface area contributed by atoms with Gasteiger partial charge in [0, 0.05) is 22.5 Å². The maximum Gasteiger partial charge on any atom is 0.136 e. The van der Waals surface area contributed by atoms with E-state index in [9.17, 15) is 13.3 Å². The summed E-state index contributed by atoms with van der Waals surface area (Å²) in [5.41, 5.74) is 0.260. The van der Waals surface area contributed by atoms with E-state index in [1.807, 2.05) is 0 Å². The molecule has 108 valence electrons. The highest BCUT2D eigenvalue weighted by Crippen LogP contribution is 2.24. The highest BCUT2D eigenvalue weighted by atomic mass is 35.5. The van der Waals surface area contributed by atoms with Gasteiger partial charge in [-0.25, -0.2) is 8.78 Å². The third kappa shape index (κ3) is 4.31. The van der Waals surface area contributed by atoms with Crippen molar-refractivity contribution in [1.29, 1.82) is 0 Å². The van der Waals surface area contributed by atoms with Crippen LogP contribution in [0.4, 0.5) is 8.78 Å². The Hall–Kier alpha value is -0.360. The number of halogens is 3. The zero-order valence-electron chi connectivity index (χ0n) is 11.4. The molecule has 0 fully saturated rings. The van der Waals surface area contributed by atoms with Gasteiger partial charge in [-0.15, -0.1) is 16.3 Å². The molecule has 1 N–H and O–H groups in total. The van der Waals surface area contributed by atoms with Crippen LogP contribution in [0.1, 0.15) is 44.9 Å². The van der Waals surface area contributed by atoms with Gasteiger partial charge in [0.25, 0.3) is 0 Å². The molecule has 6 heteroatoms. The summed E-state index contributed by atoms with van der Waals surface area (Å²) >= 11 is 4.15. The lowest BCUT2D eigenvalue weighted by Crippen LogP contribution is -2.40. The van der Waals surface area contributed by atoms with E-state index in [4.69, 9.17) is 11.6 Å². The molecule has 2 nitrogen and oxygen atoms in total. The largest absolute Gasteiger partial charge is 0.598 e. The molecule has 0 bridgehead atoms. The molecule has 0 amide bonds. The SMILES string of the molecule is CC(N[S+]([O-])C(C)(C)C)c1cc(F)c(CCl)cc1F. The van der Waals surface area contributed by atoms with Crippen molar-refractivity contribution in [2.24, 2.45) is 0 Å². The van der Waals surface area contributed by atoms with Crippen molar-refractivity contribution in [3.63, 3.8) is 0 Å². The quantitative estimate of drug-likeness (QED) is 0.678. The summed E-state index contributed by atoms with van der Waals surface area (Å²) in [7, 11) is 0. The number of nitrogens with one attached hydrogen (secondary N) is 1. The number of hydrogen-bond acceptors (Lipinski definition) is 2. The molecule has 1 rings (SSSR count). The summed E-state index contributed by atoms with van der Waals surface area (Å²) in [6.45, 7) is 7.05. The van der Waals surface area contributed by atoms with E-state index in [-0.39, 0.29) is 17.0 Å². The van der Waals surface area contributed by atoms with Crippen molar-refractivity contribution in [1.82, 2.24) is 4.72 Å². The van der Waals surface area contributed by atoms with Gasteiger partial charge < -0.3 is 4.55 Å². The van der Waals surface area contributed by atoms with Gasteiger partial charge in [0.2, 0.25) is 0 Å².